The summed E-state index contributed by atoms with van der Waals surface area (Å²) in [5.74, 6) is 0. The fraction of sp³-hybridized carbons (Fsp3) is 1.00. The number of halogens is 1. The minimum atomic E-state index is 1.06. The van der Waals surface area contributed by atoms with Gasteiger partial charge in [0.15, 0.2) is 0 Å². The molecule has 1 rings (SSSR count). The third-order valence-corrected chi connectivity index (χ3v) is 2.08. The summed E-state index contributed by atoms with van der Waals surface area (Å²) in [4.78, 5) is 2.40. The van der Waals surface area contributed by atoms with Crippen molar-refractivity contribution in [3.05, 3.63) is 0 Å². The molecule has 0 aromatic heterocycles. The van der Waals surface area contributed by atoms with Gasteiger partial charge in [0.2, 0.25) is 0 Å². The molecule has 42 valence electrons. The van der Waals surface area contributed by atoms with Crippen LogP contribution >= 0.6 is 15.9 Å². The second kappa shape index (κ2) is 2.68. The van der Waals surface area contributed by atoms with E-state index < -0.39 is 0 Å². The van der Waals surface area contributed by atoms with Gasteiger partial charge >= 0.3 is 0 Å². The molecule has 0 N–H and O–H groups in total. The van der Waals surface area contributed by atoms with Crippen LogP contribution in [0, 0.1) is 0 Å². The van der Waals surface area contributed by atoms with Gasteiger partial charge in [0, 0.05) is 0 Å². The van der Waals surface area contributed by atoms with Crippen molar-refractivity contribution in [2.75, 3.05) is 18.5 Å². The summed E-state index contributed by atoms with van der Waals surface area (Å²) in [6, 6.07) is 0. The Balaban J connectivity index is 2.14. The first-order valence-electron chi connectivity index (χ1n) is 2.72. The molecule has 2 heteroatoms. The molecule has 1 aliphatic heterocycles. The Bertz CT molecular complexity index is 50.0. The normalized spacial score (nSPS) is 23.6. The largest absolute Gasteiger partial charge is 0.293 e. The minimum absolute atomic E-state index is 1.06. The van der Waals surface area contributed by atoms with E-state index in [0.29, 0.717) is 0 Å². The van der Waals surface area contributed by atoms with Gasteiger partial charge in [0.05, 0.1) is 5.45 Å². The number of hydrogen-bond donors (Lipinski definition) is 0. The highest BCUT2D eigenvalue weighted by Gasteiger charge is 2.07. The summed E-state index contributed by atoms with van der Waals surface area (Å²) >= 11 is 3.40. The van der Waals surface area contributed by atoms with Crippen LogP contribution < -0.4 is 0 Å². The molecule has 0 spiro atoms. The van der Waals surface area contributed by atoms with Crippen molar-refractivity contribution in [2.24, 2.45) is 0 Å². The number of alkyl halides is 1. The Kier molecular flexibility index (Phi) is 2.13. The number of nitrogens with zero attached hydrogens (tertiary/aromatic N) is 1. The smallest absolute Gasteiger partial charge is 0.0542 e. The molecular formula is C5H10BrN. The van der Waals surface area contributed by atoms with E-state index in [2.05, 4.69) is 20.8 Å². The molecule has 7 heavy (non-hydrogen) atoms. The zero-order chi connectivity index (χ0) is 5.11. The summed E-state index contributed by atoms with van der Waals surface area (Å²) < 4.78 is 0. The van der Waals surface area contributed by atoms with Gasteiger partial charge in [-0.3, -0.25) is 4.90 Å². The number of rotatable bonds is 1. The van der Waals surface area contributed by atoms with Crippen LogP contribution in [0.4, 0.5) is 0 Å². The first kappa shape index (κ1) is 5.57. The maximum atomic E-state index is 3.40. The van der Waals surface area contributed by atoms with E-state index in [1.54, 1.807) is 0 Å². The van der Waals surface area contributed by atoms with E-state index in [0.717, 1.165) is 5.45 Å². The molecule has 0 radical (unpaired) electrons. The van der Waals surface area contributed by atoms with Gasteiger partial charge < -0.3 is 0 Å². The third-order valence-electron chi connectivity index (χ3n) is 1.37. The predicted octanol–water partition coefficient (Wildman–Crippen LogP) is 1.43. The van der Waals surface area contributed by atoms with Gasteiger partial charge in [-0.05, 0) is 25.9 Å². The Morgan fingerprint density at radius 3 is 2.14 bits per heavy atom. The van der Waals surface area contributed by atoms with Crippen molar-refractivity contribution in [2.45, 2.75) is 12.8 Å². The van der Waals surface area contributed by atoms with E-state index in [9.17, 15) is 0 Å². The lowest BCUT2D eigenvalue weighted by Gasteiger charge is -2.06. The molecule has 0 atom stereocenters. The van der Waals surface area contributed by atoms with Crippen molar-refractivity contribution < 1.29 is 0 Å². The Morgan fingerprint density at radius 2 is 1.86 bits per heavy atom. The monoisotopic (exact) mass is 163 g/mol. The van der Waals surface area contributed by atoms with Gasteiger partial charge in [-0.1, -0.05) is 15.9 Å². The summed E-state index contributed by atoms with van der Waals surface area (Å²) in [7, 11) is 0. The van der Waals surface area contributed by atoms with Crippen LogP contribution in [0.1, 0.15) is 12.8 Å². The second-order valence-electron chi connectivity index (χ2n) is 1.94. The summed E-state index contributed by atoms with van der Waals surface area (Å²) in [5, 5.41) is 0. The molecule has 1 heterocycles. The molecule has 0 aliphatic carbocycles. The van der Waals surface area contributed by atoms with Crippen LogP contribution in [0.15, 0.2) is 0 Å². The summed E-state index contributed by atoms with van der Waals surface area (Å²) in [6.07, 6.45) is 2.79. The second-order valence-corrected chi connectivity index (χ2v) is 2.45. The van der Waals surface area contributed by atoms with Crippen molar-refractivity contribution in [1.29, 1.82) is 0 Å². The van der Waals surface area contributed by atoms with Crippen LogP contribution in [0.3, 0.4) is 0 Å². The van der Waals surface area contributed by atoms with Gasteiger partial charge in [0.25, 0.3) is 0 Å². The van der Waals surface area contributed by atoms with E-state index in [1.165, 1.54) is 25.9 Å². The minimum Gasteiger partial charge on any atom is -0.293 e. The first-order valence-corrected chi connectivity index (χ1v) is 3.84. The van der Waals surface area contributed by atoms with E-state index in [1.807, 2.05) is 0 Å². The maximum absolute atomic E-state index is 3.40. The van der Waals surface area contributed by atoms with E-state index >= 15 is 0 Å². The van der Waals surface area contributed by atoms with Crippen LogP contribution in [-0.2, 0) is 0 Å². The first-order chi connectivity index (χ1) is 3.43. The van der Waals surface area contributed by atoms with Gasteiger partial charge in [-0.15, -0.1) is 0 Å². The molecule has 1 aliphatic rings. The third kappa shape index (κ3) is 1.42. The topological polar surface area (TPSA) is 3.24 Å². The highest BCUT2D eigenvalue weighted by Crippen LogP contribution is 2.07. The average molecular weight is 164 g/mol. The van der Waals surface area contributed by atoms with Crippen molar-refractivity contribution in [1.82, 2.24) is 4.90 Å². The van der Waals surface area contributed by atoms with Gasteiger partial charge in [-0.25, -0.2) is 0 Å². The standard InChI is InChI=1S/C5H10BrN/c6-5-7-3-1-2-4-7/h1-5H2. The fourth-order valence-electron chi connectivity index (χ4n) is 0.902. The number of hydrogen-bond acceptors (Lipinski definition) is 1. The highest BCUT2D eigenvalue weighted by molar-refractivity contribution is 9.09. The lowest BCUT2D eigenvalue weighted by Crippen LogP contribution is -2.15. The fourth-order valence-corrected chi connectivity index (χ4v) is 1.40. The molecule has 0 aromatic rings. The van der Waals surface area contributed by atoms with Crippen molar-refractivity contribution >= 4 is 15.9 Å². The lowest BCUT2D eigenvalue weighted by molar-refractivity contribution is 0.405. The van der Waals surface area contributed by atoms with Crippen LogP contribution in [0.5, 0.6) is 0 Å². The number of likely N-dealkylation sites (tertiary alicyclic amines) is 1. The molecule has 1 nitrogen and oxygen atoms in total. The Hall–Kier alpha value is 0.440. The quantitative estimate of drug-likeness (QED) is 0.418. The molecule has 1 saturated heterocycles. The maximum Gasteiger partial charge on any atom is 0.0542 e. The van der Waals surface area contributed by atoms with Crippen molar-refractivity contribution in [3.63, 3.8) is 0 Å². The van der Waals surface area contributed by atoms with Crippen LogP contribution in [-0.4, -0.2) is 23.4 Å². The average Bonchev–Trinajstić information content (AvgIpc) is 2.14. The highest BCUT2D eigenvalue weighted by atomic mass is 79.9. The molecule has 0 unspecified atom stereocenters. The molecular weight excluding hydrogens is 154 g/mol. The van der Waals surface area contributed by atoms with E-state index in [-0.39, 0.29) is 0 Å². The van der Waals surface area contributed by atoms with Gasteiger partial charge in [0.1, 0.15) is 0 Å². The van der Waals surface area contributed by atoms with Gasteiger partial charge in [-0.2, -0.15) is 0 Å². The molecule has 1 fully saturated rings. The van der Waals surface area contributed by atoms with Crippen LogP contribution in [0.25, 0.3) is 0 Å². The van der Waals surface area contributed by atoms with Crippen molar-refractivity contribution in [3.8, 4) is 0 Å². The molecule has 0 amide bonds. The Morgan fingerprint density at radius 1 is 1.29 bits per heavy atom. The summed E-state index contributed by atoms with van der Waals surface area (Å²) in [5.41, 5.74) is 1.06. The van der Waals surface area contributed by atoms with E-state index in [4.69, 9.17) is 0 Å². The predicted molar refractivity (Wildman–Crippen MR) is 34.6 cm³/mol. The lowest BCUT2D eigenvalue weighted by atomic mass is 10.4. The summed E-state index contributed by atoms with van der Waals surface area (Å²) in [6.45, 7) is 2.59. The zero-order valence-corrected chi connectivity index (χ0v) is 5.95. The SMILES string of the molecule is BrCN1CCCC1. The molecule has 0 aromatic carbocycles. The zero-order valence-electron chi connectivity index (χ0n) is 4.36. The van der Waals surface area contributed by atoms with Crippen LogP contribution in [0.2, 0.25) is 0 Å². The molecule has 0 bridgehead atoms. The molecule has 0 saturated carbocycles. The Labute approximate surface area is 52.8 Å².